The molecule has 2 aromatic carbocycles. The Bertz CT molecular complexity index is 1040. The number of carbonyl (C=O) groups is 1. The Morgan fingerprint density at radius 1 is 0.949 bits per heavy atom. The molecule has 0 saturated heterocycles. The number of thioether (sulfide) groups is 1. The van der Waals surface area contributed by atoms with E-state index in [1.54, 1.807) is 0 Å². The zero-order valence-corrected chi connectivity index (χ0v) is 25.6. The Balaban J connectivity index is 1.36. The highest BCUT2D eigenvalue weighted by atomic mass is 35.5. The summed E-state index contributed by atoms with van der Waals surface area (Å²) >= 11 is 8.06. The lowest BCUT2D eigenvalue weighted by atomic mass is 10.1. The first-order valence-electron chi connectivity index (χ1n) is 14.9. The van der Waals surface area contributed by atoms with Crippen LogP contribution in [0, 0.1) is 0 Å². The van der Waals surface area contributed by atoms with Crippen molar-refractivity contribution in [2.24, 2.45) is 0 Å². The molecule has 0 spiro atoms. The molecule has 1 heterocycles. The van der Waals surface area contributed by atoms with Crippen molar-refractivity contribution in [1.82, 2.24) is 4.90 Å². The van der Waals surface area contributed by atoms with E-state index in [2.05, 4.69) is 41.6 Å². The summed E-state index contributed by atoms with van der Waals surface area (Å²) in [6, 6.07) is 13.7. The van der Waals surface area contributed by atoms with E-state index < -0.39 is 0 Å². The SMILES string of the molecule is CCCCCCCCCCCCCCOc1cc(Cl)ccc1CC(=O)Nc1cccc(CN2CSC=C2C)c1. The van der Waals surface area contributed by atoms with Gasteiger partial charge in [-0.1, -0.05) is 107 Å². The smallest absolute Gasteiger partial charge is 0.228 e. The van der Waals surface area contributed by atoms with E-state index in [0.717, 1.165) is 30.1 Å². The van der Waals surface area contributed by atoms with Crippen molar-refractivity contribution in [3.8, 4) is 5.75 Å². The number of ether oxygens (including phenoxy) is 1. The molecule has 0 bridgehead atoms. The summed E-state index contributed by atoms with van der Waals surface area (Å²) < 4.78 is 6.09. The van der Waals surface area contributed by atoms with Crippen molar-refractivity contribution in [2.45, 2.75) is 104 Å². The number of benzene rings is 2. The van der Waals surface area contributed by atoms with E-state index in [1.807, 2.05) is 42.1 Å². The molecule has 4 nitrogen and oxygen atoms in total. The number of allylic oxidation sites excluding steroid dienone is 1. The minimum atomic E-state index is -0.0579. The monoisotopic (exact) mass is 570 g/mol. The number of carbonyl (C=O) groups excluding carboxylic acids is 1. The molecule has 0 aliphatic carbocycles. The highest BCUT2D eigenvalue weighted by molar-refractivity contribution is 8.02. The van der Waals surface area contributed by atoms with Gasteiger partial charge in [-0.25, -0.2) is 0 Å². The zero-order chi connectivity index (χ0) is 27.7. The summed E-state index contributed by atoms with van der Waals surface area (Å²) in [6.45, 7) is 5.90. The Morgan fingerprint density at radius 2 is 1.64 bits per heavy atom. The molecule has 1 N–H and O–H groups in total. The van der Waals surface area contributed by atoms with E-state index in [1.165, 1.54) is 81.9 Å². The predicted octanol–water partition coefficient (Wildman–Crippen LogP) is 9.97. The maximum Gasteiger partial charge on any atom is 0.228 e. The third kappa shape index (κ3) is 12.3. The number of nitrogens with one attached hydrogen (secondary N) is 1. The molecule has 39 heavy (non-hydrogen) atoms. The molecule has 0 fully saturated rings. The second-order valence-electron chi connectivity index (χ2n) is 10.7. The first-order valence-corrected chi connectivity index (χ1v) is 16.3. The van der Waals surface area contributed by atoms with Crippen molar-refractivity contribution >= 4 is 35.0 Å². The lowest BCUT2D eigenvalue weighted by Crippen LogP contribution is -2.18. The molecule has 214 valence electrons. The van der Waals surface area contributed by atoms with Gasteiger partial charge >= 0.3 is 0 Å². The number of unbranched alkanes of at least 4 members (excludes halogenated alkanes) is 11. The Hall–Kier alpha value is -2.11. The second-order valence-corrected chi connectivity index (χ2v) is 11.9. The van der Waals surface area contributed by atoms with Crippen LogP contribution >= 0.6 is 23.4 Å². The molecule has 0 saturated carbocycles. The highest BCUT2D eigenvalue weighted by Gasteiger charge is 2.14. The quantitative estimate of drug-likeness (QED) is 0.171. The average molecular weight is 571 g/mol. The number of anilines is 1. The second kappa shape index (κ2) is 18.3. The van der Waals surface area contributed by atoms with Crippen LogP contribution in [-0.2, 0) is 17.8 Å². The van der Waals surface area contributed by atoms with Crippen LogP contribution in [-0.4, -0.2) is 23.3 Å². The predicted molar refractivity (Wildman–Crippen MR) is 169 cm³/mol. The Morgan fingerprint density at radius 3 is 2.31 bits per heavy atom. The van der Waals surface area contributed by atoms with Gasteiger partial charge in [-0.15, -0.1) is 11.8 Å². The first-order chi connectivity index (χ1) is 19.0. The number of amides is 1. The molecule has 3 rings (SSSR count). The molecular formula is C33H47ClN2O2S. The number of rotatable bonds is 19. The molecule has 1 aliphatic heterocycles. The van der Waals surface area contributed by atoms with Crippen molar-refractivity contribution in [3.05, 3.63) is 69.7 Å². The van der Waals surface area contributed by atoms with Crippen LogP contribution in [0.1, 0.15) is 102 Å². The summed E-state index contributed by atoms with van der Waals surface area (Å²) in [5, 5.41) is 5.88. The summed E-state index contributed by atoms with van der Waals surface area (Å²) in [7, 11) is 0. The van der Waals surface area contributed by atoms with Crippen LogP contribution in [0.3, 0.4) is 0 Å². The van der Waals surface area contributed by atoms with E-state index in [4.69, 9.17) is 16.3 Å². The standard InChI is InChI=1S/C33H47ClN2O2S/c1-3-4-5-6-7-8-9-10-11-12-13-14-20-38-32-23-30(34)19-18-29(32)22-33(37)35-31-17-15-16-28(21-31)24-36-26-39-25-27(36)2/h15-19,21,23,25H,3-14,20,22,24,26H2,1-2H3,(H,35,37). The maximum atomic E-state index is 12.9. The van der Waals surface area contributed by atoms with E-state index >= 15 is 0 Å². The normalized spacial score (nSPS) is 13.0. The van der Waals surface area contributed by atoms with Crippen molar-refractivity contribution in [2.75, 3.05) is 17.8 Å². The van der Waals surface area contributed by atoms with Crippen LogP contribution in [0.4, 0.5) is 5.69 Å². The minimum Gasteiger partial charge on any atom is -0.493 e. The van der Waals surface area contributed by atoms with Gasteiger partial charge in [0.05, 0.1) is 18.9 Å². The van der Waals surface area contributed by atoms with Crippen LogP contribution in [0.25, 0.3) is 0 Å². The molecule has 1 aliphatic rings. The molecule has 0 radical (unpaired) electrons. The van der Waals surface area contributed by atoms with Crippen LogP contribution in [0.5, 0.6) is 5.75 Å². The lowest BCUT2D eigenvalue weighted by molar-refractivity contribution is -0.115. The third-order valence-corrected chi connectivity index (χ3v) is 8.41. The van der Waals surface area contributed by atoms with Crippen LogP contribution < -0.4 is 10.1 Å². The van der Waals surface area contributed by atoms with Crippen molar-refractivity contribution in [3.63, 3.8) is 0 Å². The fraction of sp³-hybridized carbons (Fsp3) is 0.545. The Labute approximate surface area is 245 Å². The van der Waals surface area contributed by atoms with Gasteiger partial charge in [-0.05, 0) is 48.6 Å². The summed E-state index contributed by atoms with van der Waals surface area (Å²) in [5.74, 6) is 1.63. The molecular weight excluding hydrogens is 524 g/mol. The van der Waals surface area contributed by atoms with Crippen molar-refractivity contribution < 1.29 is 9.53 Å². The topological polar surface area (TPSA) is 41.6 Å². The summed E-state index contributed by atoms with van der Waals surface area (Å²) in [5.41, 5.74) is 4.15. The Kier molecular flexibility index (Phi) is 14.7. The number of hydrogen-bond donors (Lipinski definition) is 1. The number of nitrogens with zero attached hydrogens (tertiary/aromatic N) is 1. The fourth-order valence-corrected chi connectivity index (χ4v) is 5.98. The molecule has 1 amide bonds. The van der Waals surface area contributed by atoms with Crippen LogP contribution in [0.2, 0.25) is 5.02 Å². The largest absolute Gasteiger partial charge is 0.493 e. The number of hydrogen-bond acceptors (Lipinski definition) is 4. The van der Waals surface area contributed by atoms with Gasteiger partial charge in [0.2, 0.25) is 5.91 Å². The molecule has 2 aromatic rings. The summed E-state index contributed by atoms with van der Waals surface area (Å²) in [4.78, 5) is 15.2. The minimum absolute atomic E-state index is 0.0579. The van der Waals surface area contributed by atoms with Gasteiger partial charge in [0.25, 0.3) is 0 Å². The van der Waals surface area contributed by atoms with Gasteiger partial charge in [-0.2, -0.15) is 0 Å². The molecule has 0 aromatic heterocycles. The fourth-order valence-electron chi connectivity index (χ4n) is 4.87. The molecule has 0 atom stereocenters. The van der Waals surface area contributed by atoms with Gasteiger partial charge in [0.1, 0.15) is 5.75 Å². The van der Waals surface area contributed by atoms with E-state index in [-0.39, 0.29) is 12.3 Å². The van der Waals surface area contributed by atoms with Gasteiger partial charge in [0.15, 0.2) is 0 Å². The first kappa shape index (κ1) is 31.4. The summed E-state index contributed by atoms with van der Waals surface area (Å²) in [6.07, 6.45) is 16.0. The third-order valence-electron chi connectivity index (χ3n) is 7.20. The highest BCUT2D eigenvalue weighted by Crippen LogP contribution is 2.27. The lowest BCUT2D eigenvalue weighted by Gasteiger charge is -2.19. The van der Waals surface area contributed by atoms with Gasteiger partial charge < -0.3 is 15.0 Å². The van der Waals surface area contributed by atoms with E-state index in [9.17, 15) is 4.79 Å². The number of halogens is 1. The van der Waals surface area contributed by atoms with Crippen LogP contribution in [0.15, 0.2) is 53.6 Å². The van der Waals surface area contributed by atoms with E-state index in [0.29, 0.717) is 17.4 Å². The average Bonchev–Trinajstić information content (AvgIpc) is 3.32. The molecule has 0 unspecified atom stereocenters. The maximum absolute atomic E-state index is 12.9. The van der Waals surface area contributed by atoms with Crippen molar-refractivity contribution in [1.29, 1.82) is 0 Å². The zero-order valence-electron chi connectivity index (χ0n) is 24.0. The van der Waals surface area contributed by atoms with Gasteiger partial charge in [-0.3, -0.25) is 4.79 Å². The molecule has 6 heteroatoms. The van der Waals surface area contributed by atoms with Gasteiger partial charge in [0, 0.05) is 28.5 Å².